The molecule has 2 amide bonds. The maximum Gasteiger partial charge on any atom is 0.317 e. The van der Waals surface area contributed by atoms with Crippen LogP contribution in [-0.4, -0.2) is 62.6 Å². The third-order valence-corrected chi connectivity index (χ3v) is 6.98. The van der Waals surface area contributed by atoms with Gasteiger partial charge >= 0.3 is 6.03 Å². The van der Waals surface area contributed by atoms with E-state index in [1.807, 2.05) is 17.9 Å². The molecule has 0 saturated carbocycles. The van der Waals surface area contributed by atoms with E-state index in [0.29, 0.717) is 38.6 Å². The van der Waals surface area contributed by atoms with Crippen LogP contribution in [0.3, 0.4) is 0 Å². The molecule has 0 spiro atoms. The molecule has 8 heteroatoms. The normalized spacial score (nSPS) is 22.2. The minimum atomic E-state index is -3.15. The van der Waals surface area contributed by atoms with E-state index in [4.69, 9.17) is 0 Å². The number of carbonyl (C=O) groups is 1. The van der Waals surface area contributed by atoms with Gasteiger partial charge in [0.25, 0.3) is 0 Å². The van der Waals surface area contributed by atoms with Gasteiger partial charge in [0, 0.05) is 32.7 Å². The highest BCUT2D eigenvalue weighted by molar-refractivity contribution is 7.88. The highest BCUT2D eigenvalue weighted by atomic mass is 32.2. The monoisotopic (exact) mass is 397 g/mol. The average Bonchev–Trinajstić information content (AvgIpc) is 3.09. The number of rotatable bonds is 4. The molecular formula is C19H28FN3O3S. The third-order valence-electron chi connectivity index (χ3n) is 5.71. The van der Waals surface area contributed by atoms with Gasteiger partial charge in [-0.2, -0.15) is 0 Å². The van der Waals surface area contributed by atoms with Crippen molar-refractivity contribution in [1.29, 1.82) is 0 Å². The van der Waals surface area contributed by atoms with E-state index in [-0.39, 0.29) is 17.8 Å². The summed E-state index contributed by atoms with van der Waals surface area (Å²) in [6.07, 6.45) is 3.73. The lowest BCUT2D eigenvalue weighted by Crippen LogP contribution is -2.45. The molecule has 1 aromatic rings. The number of nitrogens with zero attached hydrogens (tertiary/aromatic N) is 2. The summed E-state index contributed by atoms with van der Waals surface area (Å²) in [4.78, 5) is 14.2. The number of aryl methyl sites for hydroxylation is 1. The van der Waals surface area contributed by atoms with Crippen molar-refractivity contribution in [2.24, 2.45) is 5.92 Å². The molecule has 150 valence electrons. The number of likely N-dealkylation sites (tertiary alicyclic amines) is 1. The second-order valence-corrected chi connectivity index (χ2v) is 9.71. The maximum atomic E-state index is 13.3. The molecule has 1 unspecified atom stereocenters. The number of nitrogens with one attached hydrogen (secondary N) is 1. The zero-order chi connectivity index (χ0) is 19.6. The van der Waals surface area contributed by atoms with E-state index in [1.54, 1.807) is 6.07 Å². The second-order valence-electron chi connectivity index (χ2n) is 7.72. The van der Waals surface area contributed by atoms with Crippen LogP contribution in [0.25, 0.3) is 0 Å². The second kappa shape index (κ2) is 8.14. The van der Waals surface area contributed by atoms with Crippen LogP contribution in [-0.2, 0) is 10.0 Å². The molecule has 0 bridgehead atoms. The van der Waals surface area contributed by atoms with Crippen LogP contribution in [0, 0.1) is 18.7 Å². The Morgan fingerprint density at radius 2 is 1.93 bits per heavy atom. The highest BCUT2D eigenvalue weighted by Crippen LogP contribution is 2.30. The van der Waals surface area contributed by atoms with E-state index in [2.05, 4.69) is 5.32 Å². The van der Waals surface area contributed by atoms with E-state index in [1.165, 1.54) is 22.2 Å². The van der Waals surface area contributed by atoms with Crippen LogP contribution in [0.4, 0.5) is 9.18 Å². The Kier molecular flexibility index (Phi) is 6.05. The summed E-state index contributed by atoms with van der Waals surface area (Å²) < 4.78 is 37.9. The number of halogens is 1. The molecule has 0 radical (unpaired) electrons. The topological polar surface area (TPSA) is 69.7 Å². The van der Waals surface area contributed by atoms with Gasteiger partial charge < -0.3 is 10.2 Å². The molecule has 3 rings (SSSR count). The smallest absolute Gasteiger partial charge is 0.317 e. The molecule has 1 aromatic carbocycles. The van der Waals surface area contributed by atoms with Gasteiger partial charge in [-0.1, -0.05) is 6.07 Å². The van der Waals surface area contributed by atoms with Crippen LogP contribution in [0.1, 0.15) is 36.3 Å². The summed E-state index contributed by atoms with van der Waals surface area (Å²) >= 11 is 0. The van der Waals surface area contributed by atoms with Gasteiger partial charge in [-0.05, 0) is 61.3 Å². The summed E-state index contributed by atoms with van der Waals surface area (Å²) in [6.45, 7) is 4.79. The molecule has 27 heavy (non-hydrogen) atoms. The fraction of sp³-hybridized carbons (Fsp3) is 0.632. The summed E-state index contributed by atoms with van der Waals surface area (Å²) in [5.41, 5.74) is 2.14. The highest BCUT2D eigenvalue weighted by Gasteiger charge is 2.30. The summed E-state index contributed by atoms with van der Waals surface area (Å²) in [7, 11) is -3.15. The van der Waals surface area contributed by atoms with Gasteiger partial charge in [0.15, 0.2) is 0 Å². The Morgan fingerprint density at radius 1 is 1.22 bits per heavy atom. The number of sulfonamides is 1. The van der Waals surface area contributed by atoms with Crippen molar-refractivity contribution in [2.45, 2.75) is 32.1 Å². The largest absolute Gasteiger partial charge is 0.338 e. The van der Waals surface area contributed by atoms with E-state index in [0.717, 1.165) is 24.8 Å². The lowest BCUT2D eigenvalue weighted by molar-refractivity contribution is 0.180. The quantitative estimate of drug-likeness (QED) is 0.848. The Labute approximate surface area is 160 Å². The van der Waals surface area contributed by atoms with Crippen molar-refractivity contribution in [1.82, 2.24) is 14.5 Å². The third kappa shape index (κ3) is 4.99. The Balaban J connectivity index is 1.45. The Bertz CT molecular complexity index is 791. The van der Waals surface area contributed by atoms with Crippen molar-refractivity contribution in [3.05, 3.63) is 35.1 Å². The number of benzene rings is 1. The van der Waals surface area contributed by atoms with E-state index >= 15 is 0 Å². The Morgan fingerprint density at radius 3 is 2.52 bits per heavy atom. The van der Waals surface area contributed by atoms with Gasteiger partial charge in [-0.15, -0.1) is 0 Å². The number of urea groups is 1. The van der Waals surface area contributed by atoms with Crippen LogP contribution in [0.5, 0.6) is 0 Å². The predicted molar refractivity (Wildman–Crippen MR) is 103 cm³/mol. The number of hydrogen-bond donors (Lipinski definition) is 1. The van der Waals surface area contributed by atoms with Crippen LogP contribution < -0.4 is 5.32 Å². The summed E-state index contributed by atoms with van der Waals surface area (Å²) in [5.74, 6) is 0.310. The number of carbonyl (C=O) groups excluding carboxylic acids is 1. The van der Waals surface area contributed by atoms with Gasteiger partial charge in [0.2, 0.25) is 10.0 Å². The average molecular weight is 398 g/mol. The number of hydrogen-bond acceptors (Lipinski definition) is 3. The molecule has 1 atom stereocenters. The van der Waals surface area contributed by atoms with E-state index in [9.17, 15) is 17.6 Å². The molecule has 2 heterocycles. The predicted octanol–water partition coefficient (Wildman–Crippen LogP) is 2.30. The maximum absolute atomic E-state index is 13.3. The van der Waals surface area contributed by atoms with Crippen molar-refractivity contribution in [2.75, 3.05) is 39.0 Å². The van der Waals surface area contributed by atoms with Gasteiger partial charge in [-0.3, -0.25) is 0 Å². The minimum Gasteiger partial charge on any atom is -0.338 e. The molecular weight excluding hydrogens is 369 g/mol. The standard InChI is InChI=1S/C19H28FN3O3S/c1-14-11-17(20)3-4-18(14)16-6-8-22(9-7-16)19(24)21-12-15-5-10-23(13-15)27(2,25)26/h3-4,11,15-16H,5-10,12-13H2,1-2H3,(H,21,24). The first kappa shape index (κ1) is 20.1. The van der Waals surface area contributed by atoms with Gasteiger partial charge in [-0.25, -0.2) is 21.9 Å². The van der Waals surface area contributed by atoms with Gasteiger partial charge in [0.1, 0.15) is 5.82 Å². The first-order valence-corrected chi connectivity index (χ1v) is 11.3. The zero-order valence-corrected chi connectivity index (χ0v) is 16.8. The minimum absolute atomic E-state index is 0.0814. The van der Waals surface area contributed by atoms with Crippen molar-refractivity contribution >= 4 is 16.1 Å². The fourth-order valence-corrected chi connectivity index (χ4v) is 5.02. The number of piperidine rings is 1. The molecule has 0 aromatic heterocycles. The molecule has 6 nitrogen and oxygen atoms in total. The summed E-state index contributed by atoms with van der Waals surface area (Å²) in [5, 5.41) is 2.96. The number of amides is 2. The lowest BCUT2D eigenvalue weighted by atomic mass is 9.87. The fourth-order valence-electron chi connectivity index (χ4n) is 4.10. The lowest BCUT2D eigenvalue weighted by Gasteiger charge is -2.33. The van der Waals surface area contributed by atoms with Crippen molar-refractivity contribution in [3.63, 3.8) is 0 Å². The van der Waals surface area contributed by atoms with Crippen LogP contribution in [0.2, 0.25) is 0 Å². The first-order chi connectivity index (χ1) is 12.7. The molecule has 2 fully saturated rings. The first-order valence-electron chi connectivity index (χ1n) is 9.48. The zero-order valence-electron chi connectivity index (χ0n) is 15.9. The Hall–Kier alpha value is -1.67. The molecule has 2 aliphatic rings. The van der Waals surface area contributed by atoms with Crippen molar-refractivity contribution < 1.29 is 17.6 Å². The molecule has 1 N–H and O–H groups in total. The van der Waals surface area contributed by atoms with Crippen LogP contribution in [0.15, 0.2) is 18.2 Å². The molecule has 2 saturated heterocycles. The molecule has 2 aliphatic heterocycles. The van der Waals surface area contributed by atoms with Crippen LogP contribution >= 0.6 is 0 Å². The SMILES string of the molecule is Cc1cc(F)ccc1C1CCN(C(=O)NCC2CCN(S(C)(=O)=O)C2)CC1. The van der Waals surface area contributed by atoms with E-state index < -0.39 is 10.0 Å². The molecule has 0 aliphatic carbocycles. The van der Waals surface area contributed by atoms with Crippen molar-refractivity contribution in [3.8, 4) is 0 Å². The van der Waals surface area contributed by atoms with Gasteiger partial charge in [0.05, 0.1) is 6.26 Å². The summed E-state index contributed by atoms with van der Waals surface area (Å²) in [6, 6.07) is 4.85.